The van der Waals surface area contributed by atoms with E-state index in [0.29, 0.717) is 23.8 Å². The topological polar surface area (TPSA) is 52.4 Å². The summed E-state index contributed by atoms with van der Waals surface area (Å²) in [6.07, 6.45) is 6.41. The van der Waals surface area contributed by atoms with Crippen molar-refractivity contribution in [1.29, 1.82) is 0 Å². The lowest BCUT2D eigenvalue weighted by atomic mass is 9.83. The molecule has 0 amide bonds. The van der Waals surface area contributed by atoms with E-state index in [2.05, 4.69) is 12.1 Å². The van der Waals surface area contributed by atoms with Crippen LogP contribution in [-0.2, 0) is 6.61 Å². The second-order valence-corrected chi connectivity index (χ2v) is 7.67. The molecular formula is C25H25NO3. The summed E-state index contributed by atoms with van der Waals surface area (Å²) in [5, 5.41) is 11.7. The lowest BCUT2D eigenvalue weighted by Gasteiger charge is -2.22. The first-order chi connectivity index (χ1) is 14.2. The fourth-order valence-corrected chi connectivity index (χ4v) is 4.11. The molecule has 4 heteroatoms. The highest BCUT2D eigenvalue weighted by molar-refractivity contribution is 5.74. The molecule has 0 saturated heterocycles. The van der Waals surface area contributed by atoms with Gasteiger partial charge in [-0.25, -0.2) is 0 Å². The van der Waals surface area contributed by atoms with Crippen LogP contribution in [0.2, 0.25) is 0 Å². The molecule has 3 aromatic carbocycles. The van der Waals surface area contributed by atoms with Crippen LogP contribution in [0.3, 0.4) is 0 Å². The van der Waals surface area contributed by atoms with Crippen molar-refractivity contribution < 1.29 is 9.66 Å². The number of ether oxygens (including phenoxy) is 1. The van der Waals surface area contributed by atoms with Crippen LogP contribution in [0.15, 0.2) is 72.8 Å². The highest BCUT2D eigenvalue weighted by Crippen LogP contribution is 2.36. The Kier molecular flexibility index (Phi) is 5.89. The molecule has 0 atom stereocenters. The quantitative estimate of drug-likeness (QED) is 0.342. The van der Waals surface area contributed by atoms with E-state index in [1.54, 1.807) is 12.1 Å². The highest BCUT2D eigenvalue weighted by Gasteiger charge is 2.19. The van der Waals surface area contributed by atoms with E-state index in [4.69, 9.17) is 4.74 Å². The molecule has 4 rings (SSSR count). The number of benzene rings is 3. The Bertz CT molecular complexity index is 961. The van der Waals surface area contributed by atoms with Gasteiger partial charge in [0.15, 0.2) is 0 Å². The summed E-state index contributed by atoms with van der Waals surface area (Å²) in [6, 6.07) is 23.2. The van der Waals surface area contributed by atoms with Gasteiger partial charge >= 0.3 is 0 Å². The predicted molar refractivity (Wildman–Crippen MR) is 115 cm³/mol. The maximum Gasteiger partial charge on any atom is 0.280 e. The number of hydrogen-bond donors (Lipinski definition) is 0. The molecule has 4 nitrogen and oxygen atoms in total. The third-order valence-corrected chi connectivity index (χ3v) is 5.71. The average molecular weight is 387 g/mol. The van der Waals surface area contributed by atoms with E-state index in [1.807, 2.05) is 42.5 Å². The van der Waals surface area contributed by atoms with Crippen molar-refractivity contribution in [2.45, 2.75) is 44.6 Å². The monoisotopic (exact) mass is 387 g/mol. The van der Waals surface area contributed by atoms with Gasteiger partial charge in [0.1, 0.15) is 12.4 Å². The number of hydrogen-bond acceptors (Lipinski definition) is 3. The van der Waals surface area contributed by atoms with Crippen molar-refractivity contribution in [3.8, 4) is 16.9 Å². The van der Waals surface area contributed by atoms with Crippen molar-refractivity contribution >= 4 is 5.69 Å². The van der Waals surface area contributed by atoms with Crippen LogP contribution in [-0.4, -0.2) is 4.92 Å². The molecule has 0 unspecified atom stereocenters. The summed E-state index contributed by atoms with van der Waals surface area (Å²) in [4.78, 5) is 11.4. The molecule has 29 heavy (non-hydrogen) atoms. The molecule has 1 fully saturated rings. The molecule has 1 aliphatic carbocycles. The third kappa shape index (κ3) is 4.65. The van der Waals surface area contributed by atoms with Crippen LogP contribution in [0.1, 0.15) is 49.1 Å². The van der Waals surface area contributed by atoms with Crippen molar-refractivity contribution in [2.24, 2.45) is 0 Å². The molecule has 0 radical (unpaired) electrons. The standard InChI is InChI=1S/C25H25NO3/c27-26(28)25-17-23(29-18-19-7-3-1-4-8-19)15-16-24(25)22-13-11-21(12-14-22)20-9-5-2-6-10-20/h1,3-4,7-8,11-17,20H,2,5-6,9-10,18H2. The van der Waals surface area contributed by atoms with E-state index in [0.717, 1.165) is 11.1 Å². The largest absolute Gasteiger partial charge is 0.489 e. The summed E-state index contributed by atoms with van der Waals surface area (Å²) in [5.74, 6) is 1.13. The highest BCUT2D eigenvalue weighted by atomic mass is 16.6. The van der Waals surface area contributed by atoms with Crippen LogP contribution < -0.4 is 4.74 Å². The van der Waals surface area contributed by atoms with Gasteiger partial charge in [0.25, 0.3) is 5.69 Å². The van der Waals surface area contributed by atoms with Crippen molar-refractivity contribution in [2.75, 3.05) is 0 Å². The first-order valence-corrected chi connectivity index (χ1v) is 10.3. The zero-order valence-electron chi connectivity index (χ0n) is 16.4. The molecule has 1 aliphatic rings. The second-order valence-electron chi connectivity index (χ2n) is 7.67. The van der Waals surface area contributed by atoms with Crippen LogP contribution >= 0.6 is 0 Å². The summed E-state index contributed by atoms with van der Waals surface area (Å²) in [7, 11) is 0. The first-order valence-electron chi connectivity index (χ1n) is 10.3. The first kappa shape index (κ1) is 19.2. The van der Waals surface area contributed by atoms with Crippen molar-refractivity contribution in [1.82, 2.24) is 0 Å². The van der Waals surface area contributed by atoms with Gasteiger partial charge in [-0.2, -0.15) is 0 Å². The summed E-state index contributed by atoms with van der Waals surface area (Å²) in [6.45, 7) is 0.382. The molecular weight excluding hydrogens is 362 g/mol. The minimum absolute atomic E-state index is 0.0704. The Morgan fingerprint density at radius 2 is 1.62 bits per heavy atom. The van der Waals surface area contributed by atoms with Gasteiger partial charge in [0, 0.05) is 0 Å². The maximum atomic E-state index is 11.7. The van der Waals surface area contributed by atoms with Gasteiger partial charge in [0.2, 0.25) is 0 Å². The predicted octanol–water partition coefficient (Wildman–Crippen LogP) is 6.89. The van der Waals surface area contributed by atoms with Gasteiger partial charge in [-0.3, -0.25) is 10.1 Å². The van der Waals surface area contributed by atoms with Gasteiger partial charge in [-0.15, -0.1) is 0 Å². The van der Waals surface area contributed by atoms with E-state index in [9.17, 15) is 10.1 Å². The molecule has 0 N–H and O–H groups in total. The van der Waals surface area contributed by atoms with Crippen molar-refractivity contribution in [3.63, 3.8) is 0 Å². The van der Waals surface area contributed by atoms with Gasteiger partial charge in [-0.05, 0) is 47.6 Å². The SMILES string of the molecule is O=[N+]([O-])c1cc(OCc2ccccc2)ccc1-c1ccc(C2CCCCC2)cc1. The minimum atomic E-state index is -0.334. The molecule has 0 bridgehead atoms. The van der Waals surface area contributed by atoms with Crippen molar-refractivity contribution in [3.05, 3.63) is 94.0 Å². The Hall–Kier alpha value is -3.14. The summed E-state index contributed by atoms with van der Waals surface area (Å²) in [5.41, 5.74) is 3.93. The van der Waals surface area contributed by atoms with Gasteiger partial charge in [0.05, 0.1) is 16.6 Å². The molecule has 148 valence electrons. The number of nitrogens with zero attached hydrogens (tertiary/aromatic N) is 1. The Morgan fingerprint density at radius 1 is 0.897 bits per heavy atom. The fraction of sp³-hybridized carbons (Fsp3) is 0.280. The maximum absolute atomic E-state index is 11.7. The molecule has 0 heterocycles. The normalized spacial score (nSPS) is 14.5. The lowest BCUT2D eigenvalue weighted by molar-refractivity contribution is -0.384. The number of rotatable bonds is 6. The van der Waals surface area contributed by atoms with Gasteiger partial charge in [-0.1, -0.05) is 73.9 Å². The molecule has 3 aromatic rings. The fourth-order valence-electron chi connectivity index (χ4n) is 4.11. The second kappa shape index (κ2) is 8.91. The van der Waals surface area contributed by atoms with E-state index in [-0.39, 0.29) is 10.6 Å². The lowest BCUT2D eigenvalue weighted by Crippen LogP contribution is -2.04. The smallest absolute Gasteiger partial charge is 0.280 e. The summed E-state index contributed by atoms with van der Waals surface area (Å²) < 4.78 is 5.77. The molecule has 0 spiro atoms. The molecule has 0 aliphatic heterocycles. The molecule has 1 saturated carbocycles. The average Bonchev–Trinajstić information content (AvgIpc) is 2.79. The van der Waals surface area contributed by atoms with E-state index >= 15 is 0 Å². The summed E-state index contributed by atoms with van der Waals surface area (Å²) >= 11 is 0. The zero-order valence-corrected chi connectivity index (χ0v) is 16.4. The van der Waals surface area contributed by atoms with E-state index in [1.165, 1.54) is 43.7 Å². The van der Waals surface area contributed by atoms with Crippen LogP contribution in [0.5, 0.6) is 5.75 Å². The van der Waals surface area contributed by atoms with Crippen LogP contribution in [0.4, 0.5) is 5.69 Å². The number of nitro benzene ring substituents is 1. The Labute approximate surface area is 171 Å². The number of nitro groups is 1. The zero-order chi connectivity index (χ0) is 20.1. The Balaban J connectivity index is 1.54. The van der Waals surface area contributed by atoms with E-state index < -0.39 is 0 Å². The third-order valence-electron chi connectivity index (χ3n) is 5.71. The van der Waals surface area contributed by atoms with Crippen LogP contribution in [0, 0.1) is 10.1 Å². The minimum Gasteiger partial charge on any atom is -0.489 e. The molecule has 0 aromatic heterocycles. The Morgan fingerprint density at radius 3 is 2.31 bits per heavy atom. The van der Waals surface area contributed by atoms with Gasteiger partial charge < -0.3 is 4.74 Å². The van der Waals surface area contributed by atoms with Crippen LogP contribution in [0.25, 0.3) is 11.1 Å².